The summed E-state index contributed by atoms with van der Waals surface area (Å²) in [6.45, 7) is 0.195. The number of hydrogen-bond acceptors (Lipinski definition) is 3. The Morgan fingerprint density at radius 1 is 0.906 bits per heavy atom. The van der Waals surface area contributed by atoms with Crippen molar-refractivity contribution in [3.8, 4) is 11.1 Å². The van der Waals surface area contributed by atoms with Gasteiger partial charge in [-0.3, -0.25) is 4.79 Å². The number of benzene rings is 3. The molecule has 0 unspecified atom stereocenters. The number of carbonyl (C=O) groups excluding carboxylic acids is 1. The fourth-order valence-corrected chi connectivity index (χ4v) is 4.63. The molecule has 3 aromatic carbocycles. The summed E-state index contributed by atoms with van der Waals surface area (Å²) in [6, 6.07) is 23.5. The average Bonchev–Trinajstić information content (AvgIpc) is 3.60. The molecule has 5 rings (SSSR count). The van der Waals surface area contributed by atoms with Crippen LogP contribution >= 0.6 is 0 Å². The third-order valence-corrected chi connectivity index (χ3v) is 6.40. The molecular formula is C27H25NO4. The first kappa shape index (κ1) is 20.3. The van der Waals surface area contributed by atoms with Crippen LogP contribution in [-0.4, -0.2) is 23.8 Å². The Kier molecular flexibility index (Phi) is 5.39. The first-order valence-electron chi connectivity index (χ1n) is 11.0. The highest BCUT2D eigenvalue weighted by atomic mass is 16.5. The lowest BCUT2D eigenvalue weighted by Gasteiger charge is -2.19. The number of amides is 1. The minimum Gasteiger partial charge on any atom is -0.481 e. The summed E-state index contributed by atoms with van der Waals surface area (Å²) in [5.74, 6) is -0.388. The molecule has 0 aliphatic heterocycles. The second kappa shape index (κ2) is 8.50. The van der Waals surface area contributed by atoms with Crippen LogP contribution in [0.5, 0.6) is 0 Å². The van der Waals surface area contributed by atoms with Crippen LogP contribution in [0, 0.1) is 0 Å². The highest BCUT2D eigenvalue weighted by Gasteiger charge is 2.29. The molecule has 1 fully saturated rings. The molecule has 0 heterocycles. The van der Waals surface area contributed by atoms with E-state index in [2.05, 4.69) is 29.6 Å². The SMILES string of the molecule is O=C(O)C[C@H](NC(=O)OCC1c2ccccc2-c2ccccc21)c1ccc(C2CC2)cc1. The lowest BCUT2D eigenvalue weighted by atomic mass is 9.98. The summed E-state index contributed by atoms with van der Waals surface area (Å²) in [6.07, 6.45) is 1.60. The number of fused-ring (bicyclic) bond motifs is 3. The summed E-state index contributed by atoms with van der Waals surface area (Å²) in [4.78, 5) is 24.0. The van der Waals surface area contributed by atoms with Crippen LogP contribution < -0.4 is 5.32 Å². The van der Waals surface area contributed by atoms with Crippen molar-refractivity contribution in [2.45, 2.75) is 37.1 Å². The van der Waals surface area contributed by atoms with Gasteiger partial charge < -0.3 is 15.2 Å². The third kappa shape index (κ3) is 4.11. The van der Waals surface area contributed by atoms with Crippen LogP contribution in [0.25, 0.3) is 11.1 Å². The molecule has 5 heteroatoms. The number of carboxylic acid groups (broad SMARTS) is 1. The van der Waals surface area contributed by atoms with E-state index in [1.807, 2.05) is 48.5 Å². The van der Waals surface area contributed by atoms with Crippen molar-refractivity contribution in [3.05, 3.63) is 95.1 Å². The van der Waals surface area contributed by atoms with Crippen molar-refractivity contribution in [2.24, 2.45) is 0 Å². The molecule has 1 saturated carbocycles. The van der Waals surface area contributed by atoms with Crippen LogP contribution in [-0.2, 0) is 9.53 Å². The number of hydrogen-bond donors (Lipinski definition) is 2. The fourth-order valence-electron chi connectivity index (χ4n) is 4.63. The van der Waals surface area contributed by atoms with Gasteiger partial charge in [-0.2, -0.15) is 0 Å². The molecule has 3 aromatic rings. The molecular weight excluding hydrogens is 402 g/mol. The molecule has 0 aromatic heterocycles. The Morgan fingerprint density at radius 2 is 1.50 bits per heavy atom. The molecule has 1 atom stereocenters. The summed E-state index contributed by atoms with van der Waals surface area (Å²) in [5.41, 5.74) is 6.64. The van der Waals surface area contributed by atoms with E-state index in [9.17, 15) is 14.7 Å². The van der Waals surface area contributed by atoms with Gasteiger partial charge in [-0.05, 0) is 52.1 Å². The van der Waals surface area contributed by atoms with Gasteiger partial charge >= 0.3 is 12.1 Å². The first-order valence-corrected chi connectivity index (χ1v) is 11.0. The highest BCUT2D eigenvalue weighted by molar-refractivity contribution is 5.79. The van der Waals surface area contributed by atoms with E-state index in [4.69, 9.17) is 4.74 Å². The maximum atomic E-state index is 12.6. The first-order chi connectivity index (χ1) is 15.6. The predicted octanol–water partition coefficient (Wildman–Crippen LogP) is 5.62. The van der Waals surface area contributed by atoms with E-state index in [1.54, 1.807) is 0 Å². The van der Waals surface area contributed by atoms with Gasteiger partial charge in [-0.15, -0.1) is 0 Å². The molecule has 2 N–H and O–H groups in total. The minimum atomic E-state index is -0.972. The predicted molar refractivity (Wildman–Crippen MR) is 122 cm³/mol. The molecule has 0 spiro atoms. The summed E-state index contributed by atoms with van der Waals surface area (Å²) >= 11 is 0. The van der Waals surface area contributed by atoms with Gasteiger partial charge in [0.25, 0.3) is 0 Å². The van der Waals surface area contributed by atoms with Crippen molar-refractivity contribution in [1.29, 1.82) is 0 Å². The molecule has 0 saturated heterocycles. The molecule has 0 radical (unpaired) electrons. The Morgan fingerprint density at radius 3 is 2.06 bits per heavy atom. The third-order valence-electron chi connectivity index (χ3n) is 6.40. The maximum absolute atomic E-state index is 12.6. The lowest BCUT2D eigenvalue weighted by Crippen LogP contribution is -2.31. The van der Waals surface area contributed by atoms with E-state index in [-0.39, 0.29) is 18.9 Å². The smallest absolute Gasteiger partial charge is 0.407 e. The maximum Gasteiger partial charge on any atom is 0.407 e. The van der Waals surface area contributed by atoms with Crippen LogP contribution in [0.1, 0.15) is 59.4 Å². The topological polar surface area (TPSA) is 75.6 Å². The number of alkyl carbamates (subject to hydrolysis) is 1. The zero-order valence-electron chi connectivity index (χ0n) is 17.7. The molecule has 2 aliphatic rings. The number of ether oxygens (including phenoxy) is 1. The average molecular weight is 428 g/mol. The number of aliphatic carboxylic acids is 1. The van der Waals surface area contributed by atoms with Crippen LogP contribution in [0.3, 0.4) is 0 Å². The second-order valence-corrected chi connectivity index (χ2v) is 8.56. The van der Waals surface area contributed by atoms with Crippen LogP contribution in [0.15, 0.2) is 72.8 Å². The molecule has 32 heavy (non-hydrogen) atoms. The summed E-state index contributed by atoms with van der Waals surface area (Å²) in [5, 5.41) is 12.1. The van der Waals surface area contributed by atoms with Crippen molar-refractivity contribution in [1.82, 2.24) is 5.32 Å². The minimum absolute atomic E-state index is 0.0381. The summed E-state index contributed by atoms with van der Waals surface area (Å²) in [7, 11) is 0. The van der Waals surface area contributed by atoms with E-state index >= 15 is 0 Å². The zero-order chi connectivity index (χ0) is 22.1. The van der Waals surface area contributed by atoms with Crippen molar-refractivity contribution in [2.75, 3.05) is 6.61 Å². The molecule has 1 amide bonds. The fraction of sp³-hybridized carbons (Fsp3) is 0.259. The van der Waals surface area contributed by atoms with E-state index in [1.165, 1.54) is 18.4 Å². The van der Waals surface area contributed by atoms with Gasteiger partial charge in [0, 0.05) is 5.92 Å². The van der Waals surface area contributed by atoms with Gasteiger partial charge in [0.1, 0.15) is 6.61 Å². The second-order valence-electron chi connectivity index (χ2n) is 8.56. The van der Waals surface area contributed by atoms with Gasteiger partial charge in [0.2, 0.25) is 0 Å². The normalized spacial score (nSPS) is 15.5. The zero-order valence-corrected chi connectivity index (χ0v) is 17.7. The number of carbonyl (C=O) groups is 2. The monoisotopic (exact) mass is 427 g/mol. The number of rotatable bonds is 7. The Labute approximate surface area is 187 Å². The highest BCUT2D eigenvalue weighted by Crippen LogP contribution is 2.44. The lowest BCUT2D eigenvalue weighted by molar-refractivity contribution is -0.137. The van der Waals surface area contributed by atoms with Crippen molar-refractivity contribution in [3.63, 3.8) is 0 Å². The van der Waals surface area contributed by atoms with Crippen LogP contribution in [0.4, 0.5) is 4.79 Å². The number of carboxylic acids is 1. The molecule has 5 nitrogen and oxygen atoms in total. The van der Waals surface area contributed by atoms with Gasteiger partial charge in [-0.1, -0.05) is 72.8 Å². The Bertz CT molecular complexity index is 1100. The number of nitrogens with one attached hydrogen (secondary N) is 1. The molecule has 2 aliphatic carbocycles. The van der Waals surface area contributed by atoms with E-state index < -0.39 is 18.1 Å². The van der Waals surface area contributed by atoms with Crippen molar-refractivity contribution < 1.29 is 19.4 Å². The quantitative estimate of drug-likeness (QED) is 0.513. The van der Waals surface area contributed by atoms with Gasteiger partial charge in [0.15, 0.2) is 0 Å². The van der Waals surface area contributed by atoms with Gasteiger partial charge in [-0.25, -0.2) is 4.79 Å². The van der Waals surface area contributed by atoms with E-state index in [0.717, 1.165) is 27.8 Å². The standard InChI is InChI=1S/C27H25NO4/c29-26(30)15-25(19-13-11-18(12-14-19)17-9-10-17)28-27(31)32-16-24-22-7-3-1-5-20(22)21-6-2-4-8-23(21)24/h1-8,11-14,17,24-25H,9-10,15-16H2,(H,28,31)(H,29,30)/t25-/m0/s1. The summed E-state index contributed by atoms with van der Waals surface area (Å²) < 4.78 is 5.60. The Balaban J connectivity index is 1.28. The van der Waals surface area contributed by atoms with Gasteiger partial charge in [0.05, 0.1) is 12.5 Å². The van der Waals surface area contributed by atoms with E-state index in [0.29, 0.717) is 5.92 Å². The largest absolute Gasteiger partial charge is 0.481 e. The molecule has 162 valence electrons. The molecule has 0 bridgehead atoms. The van der Waals surface area contributed by atoms with Crippen molar-refractivity contribution >= 4 is 12.1 Å². The Hall–Kier alpha value is -3.60. The van der Waals surface area contributed by atoms with Crippen LogP contribution in [0.2, 0.25) is 0 Å².